The van der Waals surface area contributed by atoms with Gasteiger partial charge in [-0.3, -0.25) is 0 Å². The Morgan fingerprint density at radius 3 is 2.71 bits per heavy atom. The molecule has 1 aliphatic heterocycles. The van der Waals surface area contributed by atoms with Gasteiger partial charge >= 0.3 is 0 Å². The first-order chi connectivity index (χ1) is 13.6. The second kappa shape index (κ2) is 7.99. The van der Waals surface area contributed by atoms with Gasteiger partial charge < -0.3 is 14.2 Å². The van der Waals surface area contributed by atoms with Crippen molar-refractivity contribution in [1.29, 1.82) is 0 Å². The lowest BCUT2D eigenvalue weighted by Crippen LogP contribution is -2.19. The van der Waals surface area contributed by atoms with E-state index in [9.17, 15) is 8.78 Å². The highest BCUT2D eigenvalue weighted by molar-refractivity contribution is 5.45. The number of ether oxygens (including phenoxy) is 3. The fraction of sp³-hybridized carbons (Fsp3) is 0.524. The maximum atomic E-state index is 14.4. The van der Waals surface area contributed by atoms with Crippen LogP contribution in [0.2, 0.25) is 0 Å². The number of halogens is 2. The fourth-order valence-corrected chi connectivity index (χ4v) is 3.88. The molecule has 0 N–H and O–H groups in total. The second-order valence-electron chi connectivity index (χ2n) is 7.37. The van der Waals surface area contributed by atoms with Crippen molar-refractivity contribution in [2.75, 3.05) is 13.7 Å². The molecule has 5 nitrogen and oxygen atoms in total. The minimum atomic E-state index is -0.911. The Kier molecular flexibility index (Phi) is 5.44. The average molecular weight is 390 g/mol. The van der Waals surface area contributed by atoms with Crippen molar-refractivity contribution in [2.45, 2.75) is 57.2 Å². The number of hydrogen-bond acceptors (Lipinski definition) is 5. The number of nitrogens with zero attached hydrogens (tertiary/aromatic N) is 2. The highest BCUT2D eigenvalue weighted by atomic mass is 19.2. The van der Waals surface area contributed by atoms with Crippen molar-refractivity contribution >= 4 is 0 Å². The van der Waals surface area contributed by atoms with Gasteiger partial charge in [0.05, 0.1) is 25.6 Å². The second-order valence-corrected chi connectivity index (χ2v) is 7.37. The first kappa shape index (κ1) is 19.1. The smallest absolute Gasteiger partial charge is 0.200 e. The van der Waals surface area contributed by atoms with Gasteiger partial charge in [-0.25, -0.2) is 14.4 Å². The van der Waals surface area contributed by atoms with Gasteiger partial charge in [0.15, 0.2) is 17.3 Å². The number of aromatic nitrogens is 2. The fourth-order valence-electron chi connectivity index (χ4n) is 3.88. The molecule has 7 heteroatoms. The molecule has 3 unspecified atom stereocenters. The summed E-state index contributed by atoms with van der Waals surface area (Å²) in [5.41, 5.74) is 1.50. The van der Waals surface area contributed by atoms with Crippen LogP contribution in [0.5, 0.6) is 11.5 Å². The van der Waals surface area contributed by atoms with E-state index < -0.39 is 11.6 Å². The zero-order valence-electron chi connectivity index (χ0n) is 16.1. The largest absolute Gasteiger partial charge is 0.494 e. The molecule has 2 aliphatic rings. The molecule has 1 fully saturated rings. The molecule has 28 heavy (non-hydrogen) atoms. The number of methoxy groups -OCH3 is 1. The van der Waals surface area contributed by atoms with Gasteiger partial charge in [0.25, 0.3) is 0 Å². The van der Waals surface area contributed by atoms with Crippen molar-refractivity contribution < 1.29 is 23.0 Å². The van der Waals surface area contributed by atoms with Crippen molar-refractivity contribution in [1.82, 2.24) is 9.97 Å². The van der Waals surface area contributed by atoms with E-state index in [-0.39, 0.29) is 30.5 Å². The lowest BCUT2D eigenvalue weighted by atomic mass is 9.82. The molecule has 1 saturated heterocycles. The molecule has 0 saturated carbocycles. The summed E-state index contributed by atoms with van der Waals surface area (Å²) in [7, 11) is 1.56. The van der Waals surface area contributed by atoms with Crippen LogP contribution in [0.3, 0.4) is 0 Å². The molecule has 0 spiro atoms. The molecule has 3 atom stereocenters. The Morgan fingerprint density at radius 2 is 2.00 bits per heavy atom. The van der Waals surface area contributed by atoms with Gasteiger partial charge in [0.2, 0.25) is 5.82 Å². The summed E-state index contributed by atoms with van der Waals surface area (Å²) in [5, 5.41) is 0. The van der Waals surface area contributed by atoms with E-state index in [0.29, 0.717) is 24.4 Å². The molecular formula is C21H24F2N2O3. The summed E-state index contributed by atoms with van der Waals surface area (Å²) in [5.74, 6) is -0.427. The van der Waals surface area contributed by atoms with Crippen LogP contribution in [0.4, 0.5) is 8.78 Å². The first-order valence-corrected chi connectivity index (χ1v) is 9.74. The Labute approximate surface area is 163 Å². The summed E-state index contributed by atoms with van der Waals surface area (Å²) in [6.07, 6.45) is 7.27. The molecule has 150 valence electrons. The molecule has 1 aromatic heterocycles. The minimum absolute atomic E-state index is 0.0256. The van der Waals surface area contributed by atoms with E-state index in [0.717, 1.165) is 30.4 Å². The first-order valence-electron chi connectivity index (χ1n) is 9.74. The van der Waals surface area contributed by atoms with Crippen molar-refractivity contribution in [3.8, 4) is 11.5 Å². The van der Waals surface area contributed by atoms with Crippen molar-refractivity contribution in [2.24, 2.45) is 0 Å². The van der Waals surface area contributed by atoms with Gasteiger partial charge in [0.1, 0.15) is 18.5 Å². The standard InChI is InChI=1S/C21H24F2N2O3/c1-3-4-17-18(28-17)11-27-20-15-6-5-12(7-13(15)8-16(22)19(20)23)21-24-9-14(26-2)10-25-21/h8-10,12,17-18H,3-7,11H2,1-2H3. The Morgan fingerprint density at radius 1 is 1.21 bits per heavy atom. The molecule has 1 aliphatic carbocycles. The van der Waals surface area contributed by atoms with E-state index in [1.165, 1.54) is 6.07 Å². The third-order valence-corrected chi connectivity index (χ3v) is 5.48. The molecule has 1 aromatic carbocycles. The molecule has 2 heterocycles. The number of fused-ring (bicyclic) bond motifs is 1. The molecular weight excluding hydrogens is 366 g/mol. The van der Waals surface area contributed by atoms with Crippen LogP contribution in [-0.2, 0) is 17.6 Å². The van der Waals surface area contributed by atoms with E-state index in [2.05, 4.69) is 16.9 Å². The van der Waals surface area contributed by atoms with Crippen molar-refractivity contribution in [3.05, 3.63) is 47.0 Å². The summed E-state index contributed by atoms with van der Waals surface area (Å²) < 4.78 is 44.9. The van der Waals surface area contributed by atoms with Gasteiger partial charge in [-0.1, -0.05) is 13.3 Å². The third kappa shape index (κ3) is 3.81. The lowest BCUT2D eigenvalue weighted by Gasteiger charge is -2.26. The molecule has 0 bridgehead atoms. The highest BCUT2D eigenvalue weighted by Crippen LogP contribution is 2.39. The maximum absolute atomic E-state index is 14.4. The maximum Gasteiger partial charge on any atom is 0.200 e. The van der Waals surface area contributed by atoms with Crippen LogP contribution >= 0.6 is 0 Å². The number of hydrogen-bond donors (Lipinski definition) is 0. The quantitative estimate of drug-likeness (QED) is 0.670. The molecule has 0 radical (unpaired) electrons. The van der Waals surface area contributed by atoms with Crippen LogP contribution in [0.1, 0.15) is 49.1 Å². The Hall–Kier alpha value is -2.28. The zero-order chi connectivity index (χ0) is 19.7. The van der Waals surface area contributed by atoms with Crippen LogP contribution in [-0.4, -0.2) is 35.9 Å². The number of benzene rings is 1. The average Bonchev–Trinajstić information content (AvgIpc) is 3.46. The SMILES string of the molecule is CCCC1OC1COc1c(F)c(F)cc2c1CCC(c1ncc(OC)cn1)C2. The van der Waals surface area contributed by atoms with E-state index in [1.807, 2.05) is 0 Å². The number of rotatable bonds is 7. The van der Waals surface area contributed by atoms with Gasteiger partial charge in [-0.2, -0.15) is 4.39 Å². The molecule has 2 aromatic rings. The minimum Gasteiger partial charge on any atom is -0.494 e. The van der Waals surface area contributed by atoms with Gasteiger partial charge in [-0.05, 0) is 37.3 Å². The van der Waals surface area contributed by atoms with Gasteiger partial charge in [0, 0.05) is 11.5 Å². The topological polar surface area (TPSA) is 56.8 Å². The van der Waals surface area contributed by atoms with E-state index >= 15 is 0 Å². The zero-order valence-corrected chi connectivity index (χ0v) is 16.1. The predicted octanol–water partition coefficient (Wildman–Crippen LogP) is 3.98. The van der Waals surface area contributed by atoms with Crippen LogP contribution in [0.25, 0.3) is 0 Å². The third-order valence-electron chi connectivity index (χ3n) is 5.48. The Balaban J connectivity index is 1.51. The van der Waals surface area contributed by atoms with Gasteiger partial charge in [-0.15, -0.1) is 0 Å². The molecule has 4 rings (SSSR count). The van der Waals surface area contributed by atoms with E-state index in [1.54, 1.807) is 19.5 Å². The Bertz CT molecular complexity index is 845. The number of epoxide rings is 1. The summed E-state index contributed by atoms with van der Waals surface area (Å²) in [4.78, 5) is 8.70. The van der Waals surface area contributed by atoms with Crippen LogP contribution in [0, 0.1) is 11.6 Å². The normalized spacial score (nSPS) is 23.2. The van der Waals surface area contributed by atoms with Crippen molar-refractivity contribution in [3.63, 3.8) is 0 Å². The summed E-state index contributed by atoms with van der Waals surface area (Å²) in [6.45, 7) is 2.34. The monoisotopic (exact) mass is 390 g/mol. The predicted molar refractivity (Wildman–Crippen MR) is 98.8 cm³/mol. The highest BCUT2D eigenvalue weighted by Gasteiger charge is 2.39. The lowest BCUT2D eigenvalue weighted by molar-refractivity contribution is 0.245. The van der Waals surface area contributed by atoms with Crippen LogP contribution < -0.4 is 9.47 Å². The van der Waals surface area contributed by atoms with Crippen LogP contribution in [0.15, 0.2) is 18.5 Å². The summed E-state index contributed by atoms with van der Waals surface area (Å²) >= 11 is 0. The van der Waals surface area contributed by atoms with E-state index in [4.69, 9.17) is 14.2 Å². The molecule has 0 amide bonds. The summed E-state index contributed by atoms with van der Waals surface area (Å²) in [6, 6.07) is 1.28.